The molecular formula is C20H25N3O2S. The molecule has 0 radical (unpaired) electrons. The number of rotatable bonds is 2. The van der Waals surface area contributed by atoms with Crippen LogP contribution in [-0.2, 0) is 21.2 Å². The van der Waals surface area contributed by atoms with E-state index in [4.69, 9.17) is 0 Å². The van der Waals surface area contributed by atoms with E-state index in [1.165, 1.54) is 11.1 Å². The van der Waals surface area contributed by atoms with Crippen molar-refractivity contribution in [3.63, 3.8) is 0 Å². The van der Waals surface area contributed by atoms with E-state index in [0.717, 1.165) is 32.5 Å². The molecule has 1 fully saturated rings. The van der Waals surface area contributed by atoms with Crippen LogP contribution in [0, 0.1) is 6.92 Å². The molecule has 0 bridgehead atoms. The Morgan fingerprint density at radius 2 is 1.96 bits per heavy atom. The predicted molar refractivity (Wildman–Crippen MR) is 104 cm³/mol. The zero-order valence-corrected chi connectivity index (χ0v) is 15.8. The van der Waals surface area contributed by atoms with Crippen molar-refractivity contribution in [1.29, 1.82) is 0 Å². The maximum absolute atomic E-state index is 12.6. The monoisotopic (exact) mass is 371 g/mol. The molecule has 26 heavy (non-hydrogen) atoms. The van der Waals surface area contributed by atoms with Crippen molar-refractivity contribution < 1.29 is 8.76 Å². The van der Waals surface area contributed by atoms with Crippen LogP contribution in [0.25, 0.3) is 0 Å². The molecule has 138 valence electrons. The highest BCUT2D eigenvalue weighted by Crippen LogP contribution is 2.34. The molecule has 0 saturated carbocycles. The van der Waals surface area contributed by atoms with E-state index in [0.29, 0.717) is 17.1 Å². The van der Waals surface area contributed by atoms with Gasteiger partial charge in [0.2, 0.25) is 0 Å². The number of benzene rings is 2. The van der Waals surface area contributed by atoms with Gasteiger partial charge in [-0.15, -0.1) is 4.72 Å². The fourth-order valence-corrected chi connectivity index (χ4v) is 5.29. The van der Waals surface area contributed by atoms with Crippen LogP contribution >= 0.6 is 0 Å². The number of hydrogen-bond acceptors (Lipinski definition) is 4. The topological polar surface area (TPSA) is 67.4 Å². The maximum Gasteiger partial charge on any atom is 0.198 e. The van der Waals surface area contributed by atoms with Gasteiger partial charge in [0.1, 0.15) is 0 Å². The van der Waals surface area contributed by atoms with Crippen LogP contribution in [0.5, 0.6) is 0 Å². The number of nitrogens with one attached hydrogen (secondary N) is 2. The Balaban J connectivity index is 1.56. The van der Waals surface area contributed by atoms with Gasteiger partial charge in [-0.3, -0.25) is 4.90 Å². The molecule has 6 heteroatoms. The van der Waals surface area contributed by atoms with Crippen molar-refractivity contribution >= 4 is 16.1 Å². The molecule has 4 rings (SSSR count). The Morgan fingerprint density at radius 3 is 2.77 bits per heavy atom. The number of piperidine rings is 1. The summed E-state index contributed by atoms with van der Waals surface area (Å²) in [4.78, 5) is 2.76. The van der Waals surface area contributed by atoms with Gasteiger partial charge in [0.05, 0.1) is 17.8 Å². The fraction of sp³-hybridized carbons (Fsp3) is 0.400. The van der Waals surface area contributed by atoms with E-state index in [9.17, 15) is 8.76 Å². The maximum atomic E-state index is 12.6. The number of sulfonamides is 1. The number of hydrogen-bond donors (Lipinski definition) is 2. The molecule has 2 N–H and O–H groups in total. The van der Waals surface area contributed by atoms with Gasteiger partial charge < -0.3 is 9.87 Å². The lowest BCUT2D eigenvalue weighted by molar-refractivity contribution is 0.156. The Hall–Kier alpha value is -1.73. The number of anilines is 1. The van der Waals surface area contributed by atoms with Crippen molar-refractivity contribution in [2.24, 2.45) is 0 Å². The Labute approximate surface area is 156 Å². The van der Waals surface area contributed by atoms with Crippen LogP contribution in [0.1, 0.15) is 24.0 Å². The number of para-hydroxylation sites is 1. The summed E-state index contributed by atoms with van der Waals surface area (Å²) in [5.41, 5.74) is 2.99. The van der Waals surface area contributed by atoms with E-state index < -0.39 is 10.4 Å². The standard InChI is InChI=1S/C20H25N3O2S/c1-16-7-9-17(10-8-16)13-23-12-4-11-20(15-23)14-21-26(24,25)19-6-3-2-5-18(19)22-20/h2-3,5-10,22H,4,11-15H2,1H3,(H-,21,24,25). The first-order valence-corrected chi connectivity index (χ1v) is 10.6. The molecule has 2 atom stereocenters. The fourth-order valence-electron chi connectivity index (χ4n) is 4.01. The van der Waals surface area contributed by atoms with Gasteiger partial charge in [-0.25, -0.2) is 0 Å². The molecule has 5 nitrogen and oxygen atoms in total. The third-order valence-electron chi connectivity index (χ3n) is 5.36. The van der Waals surface area contributed by atoms with Crippen molar-refractivity contribution in [1.82, 2.24) is 9.62 Å². The Bertz CT molecular complexity index is 839. The number of aryl methyl sites for hydroxylation is 1. The summed E-state index contributed by atoms with van der Waals surface area (Å²) in [6.45, 7) is 5.24. The van der Waals surface area contributed by atoms with Crippen molar-refractivity contribution in [2.75, 3.05) is 25.0 Å². The van der Waals surface area contributed by atoms with Gasteiger partial charge in [0.15, 0.2) is 15.3 Å². The average molecular weight is 372 g/mol. The van der Waals surface area contributed by atoms with Crippen LogP contribution in [0.4, 0.5) is 5.69 Å². The van der Waals surface area contributed by atoms with E-state index in [-0.39, 0.29) is 5.54 Å². The summed E-state index contributed by atoms with van der Waals surface area (Å²) in [5, 5.41) is 3.57. The summed E-state index contributed by atoms with van der Waals surface area (Å²) in [6, 6.07) is 15.8. The molecule has 2 aliphatic heterocycles. The molecule has 2 aromatic carbocycles. The summed E-state index contributed by atoms with van der Waals surface area (Å²) >= 11 is 0. The molecule has 2 heterocycles. The molecule has 2 aliphatic rings. The average Bonchev–Trinajstić information content (AvgIpc) is 2.73. The quantitative estimate of drug-likeness (QED) is 0.797. The highest BCUT2D eigenvalue weighted by atomic mass is 32.3. The SMILES string of the molecule is Cc1ccc(CN2CCCC3(CN[S+](=O)([O-])c4ccccc4N3)C2)cc1. The summed E-state index contributed by atoms with van der Waals surface area (Å²) in [7, 11) is -3.47. The normalized spacial score (nSPS) is 29.0. The van der Waals surface area contributed by atoms with Crippen LogP contribution in [0.15, 0.2) is 53.4 Å². The Morgan fingerprint density at radius 1 is 1.19 bits per heavy atom. The summed E-state index contributed by atoms with van der Waals surface area (Å²) in [6.07, 6.45) is 2.00. The first kappa shape index (κ1) is 17.7. The first-order chi connectivity index (χ1) is 12.5. The number of fused-ring (bicyclic) bond motifs is 1. The van der Waals surface area contributed by atoms with E-state index in [2.05, 4.69) is 46.1 Å². The lowest BCUT2D eigenvalue weighted by Crippen LogP contribution is -2.57. The number of nitrogens with zero attached hydrogens (tertiary/aromatic N) is 1. The minimum atomic E-state index is -3.47. The summed E-state index contributed by atoms with van der Waals surface area (Å²) in [5.74, 6) is 0. The first-order valence-electron chi connectivity index (χ1n) is 9.11. The zero-order chi connectivity index (χ0) is 18.2. The molecule has 1 saturated heterocycles. The second-order valence-electron chi connectivity index (χ2n) is 7.53. The summed E-state index contributed by atoms with van der Waals surface area (Å²) < 4.78 is 27.9. The highest BCUT2D eigenvalue weighted by Gasteiger charge is 2.42. The zero-order valence-electron chi connectivity index (χ0n) is 15.0. The van der Waals surface area contributed by atoms with Gasteiger partial charge in [0.25, 0.3) is 0 Å². The third kappa shape index (κ3) is 3.55. The highest BCUT2D eigenvalue weighted by molar-refractivity contribution is 7.96. The van der Waals surface area contributed by atoms with E-state index >= 15 is 0 Å². The van der Waals surface area contributed by atoms with Crippen molar-refractivity contribution in [3.8, 4) is 0 Å². The van der Waals surface area contributed by atoms with Crippen LogP contribution in [0.2, 0.25) is 0 Å². The van der Waals surface area contributed by atoms with Crippen molar-refractivity contribution in [3.05, 3.63) is 59.7 Å². The lowest BCUT2D eigenvalue weighted by Gasteiger charge is -2.42. The molecule has 2 aromatic rings. The van der Waals surface area contributed by atoms with Gasteiger partial charge >= 0.3 is 0 Å². The minimum absolute atomic E-state index is 0.275. The smallest absolute Gasteiger partial charge is 0.198 e. The third-order valence-corrected chi connectivity index (χ3v) is 6.82. The van der Waals surface area contributed by atoms with Crippen LogP contribution in [-0.4, -0.2) is 34.6 Å². The molecule has 0 aliphatic carbocycles. The molecule has 1 spiro atoms. The molecule has 0 amide bonds. The van der Waals surface area contributed by atoms with Gasteiger partial charge in [0, 0.05) is 13.1 Å². The largest absolute Gasteiger partial charge is 0.593 e. The predicted octanol–water partition coefficient (Wildman–Crippen LogP) is 2.95. The van der Waals surface area contributed by atoms with Crippen LogP contribution in [0.3, 0.4) is 0 Å². The van der Waals surface area contributed by atoms with E-state index in [1.807, 2.05) is 12.1 Å². The molecule has 2 unspecified atom stereocenters. The van der Waals surface area contributed by atoms with Crippen LogP contribution < -0.4 is 10.0 Å². The van der Waals surface area contributed by atoms with Gasteiger partial charge in [-0.1, -0.05) is 46.2 Å². The minimum Gasteiger partial charge on any atom is -0.593 e. The second kappa shape index (κ2) is 6.78. The Kier molecular flexibility index (Phi) is 4.61. The van der Waals surface area contributed by atoms with Gasteiger partial charge in [-0.05, 0) is 44.0 Å². The lowest BCUT2D eigenvalue weighted by atomic mass is 9.88. The van der Waals surface area contributed by atoms with E-state index in [1.54, 1.807) is 12.1 Å². The number of likely N-dealkylation sites (tertiary alicyclic amines) is 1. The molecule has 0 aromatic heterocycles. The van der Waals surface area contributed by atoms with Crippen molar-refractivity contribution in [2.45, 2.75) is 36.7 Å². The van der Waals surface area contributed by atoms with Gasteiger partial charge in [-0.2, -0.15) is 0 Å². The second-order valence-corrected chi connectivity index (χ2v) is 9.26. The molecular weight excluding hydrogens is 346 g/mol.